The summed E-state index contributed by atoms with van der Waals surface area (Å²) in [6.07, 6.45) is 4.28. The molecule has 1 fully saturated rings. The number of ether oxygens (including phenoxy) is 3. The van der Waals surface area contributed by atoms with Crippen LogP contribution in [0.15, 0.2) is 35.3 Å². The molecule has 4 rings (SSSR count). The number of methoxy groups -OCH3 is 3. The molecule has 32 heavy (non-hydrogen) atoms. The van der Waals surface area contributed by atoms with Gasteiger partial charge in [-0.15, -0.1) is 11.3 Å². The van der Waals surface area contributed by atoms with Crippen LogP contribution in [0, 0.1) is 5.41 Å². The number of hydrogen-bond acceptors (Lipinski definition) is 6. The maximum absolute atomic E-state index is 12.9. The van der Waals surface area contributed by atoms with Gasteiger partial charge < -0.3 is 18.8 Å². The van der Waals surface area contributed by atoms with Crippen LogP contribution in [-0.2, 0) is 18.3 Å². The molecule has 6 nitrogen and oxygen atoms in total. The zero-order valence-corrected chi connectivity index (χ0v) is 20.4. The highest BCUT2D eigenvalue weighted by Gasteiger charge is 2.31. The van der Waals surface area contributed by atoms with Crippen molar-refractivity contribution in [1.82, 2.24) is 9.47 Å². The lowest BCUT2D eigenvalue weighted by Crippen LogP contribution is -2.43. The van der Waals surface area contributed by atoms with Crippen LogP contribution in [0.25, 0.3) is 21.2 Å². The molecule has 0 saturated carbocycles. The Labute approximate surface area is 193 Å². The number of thiophene rings is 1. The van der Waals surface area contributed by atoms with Crippen molar-refractivity contribution in [2.45, 2.75) is 26.3 Å². The fraction of sp³-hybridized carbons (Fsp3) is 0.480. The van der Waals surface area contributed by atoms with Gasteiger partial charge in [0.25, 0.3) is 5.56 Å². The SMILES string of the molecule is COCC1(C)CCCN(Cc2cc3c(=O)n(C)cc(-c4ccc(OC)c(OC)c4)c3s2)C1. The van der Waals surface area contributed by atoms with Gasteiger partial charge in [-0.25, -0.2) is 0 Å². The molecule has 1 atom stereocenters. The number of likely N-dealkylation sites (tertiary alicyclic amines) is 1. The molecule has 3 heterocycles. The lowest BCUT2D eigenvalue weighted by molar-refractivity contribution is 0.0220. The summed E-state index contributed by atoms with van der Waals surface area (Å²) in [4.78, 5) is 16.6. The van der Waals surface area contributed by atoms with E-state index in [1.165, 1.54) is 17.7 Å². The van der Waals surface area contributed by atoms with Gasteiger partial charge in [-0.05, 0) is 43.1 Å². The summed E-state index contributed by atoms with van der Waals surface area (Å²) in [6, 6.07) is 7.97. The van der Waals surface area contributed by atoms with Crippen LogP contribution in [0.1, 0.15) is 24.6 Å². The van der Waals surface area contributed by atoms with Gasteiger partial charge in [-0.2, -0.15) is 0 Å². The Bertz CT molecular complexity index is 1160. The van der Waals surface area contributed by atoms with Gasteiger partial charge in [0.1, 0.15) is 0 Å². The lowest BCUT2D eigenvalue weighted by atomic mass is 9.83. The molecular formula is C25H32N2O4S. The third-order valence-corrected chi connectivity index (χ3v) is 7.48. The third kappa shape index (κ3) is 4.42. The van der Waals surface area contributed by atoms with Gasteiger partial charge in [0.2, 0.25) is 0 Å². The van der Waals surface area contributed by atoms with E-state index in [9.17, 15) is 4.79 Å². The number of piperidine rings is 1. The van der Waals surface area contributed by atoms with Crippen molar-refractivity contribution in [3.63, 3.8) is 0 Å². The minimum Gasteiger partial charge on any atom is -0.493 e. The second-order valence-electron chi connectivity index (χ2n) is 9.04. The summed E-state index contributed by atoms with van der Waals surface area (Å²) in [5, 5.41) is 0.774. The Balaban J connectivity index is 1.71. The fourth-order valence-electron chi connectivity index (χ4n) is 4.84. The second-order valence-corrected chi connectivity index (χ2v) is 10.2. The quantitative estimate of drug-likeness (QED) is 0.523. The van der Waals surface area contributed by atoms with Gasteiger partial charge in [-0.3, -0.25) is 9.69 Å². The highest BCUT2D eigenvalue weighted by molar-refractivity contribution is 7.19. The maximum Gasteiger partial charge on any atom is 0.259 e. The van der Waals surface area contributed by atoms with Crippen molar-refractivity contribution in [1.29, 1.82) is 0 Å². The number of nitrogens with zero attached hydrogens (tertiary/aromatic N) is 2. The normalized spacial score (nSPS) is 19.4. The average Bonchev–Trinajstić information content (AvgIpc) is 3.19. The predicted octanol–water partition coefficient (Wildman–Crippen LogP) is 4.53. The Morgan fingerprint density at radius 2 is 1.91 bits per heavy atom. The highest BCUT2D eigenvalue weighted by atomic mass is 32.1. The first kappa shape index (κ1) is 22.8. The van der Waals surface area contributed by atoms with Gasteiger partial charge in [-0.1, -0.05) is 13.0 Å². The molecule has 1 aliphatic heterocycles. The van der Waals surface area contributed by atoms with Crippen LogP contribution >= 0.6 is 11.3 Å². The summed E-state index contributed by atoms with van der Waals surface area (Å²) in [7, 11) is 6.86. The number of aromatic nitrogens is 1. The van der Waals surface area contributed by atoms with Gasteiger partial charge >= 0.3 is 0 Å². The average molecular weight is 457 g/mol. The number of fused-ring (bicyclic) bond motifs is 1. The molecule has 2 aromatic heterocycles. The Kier molecular flexibility index (Phi) is 6.60. The van der Waals surface area contributed by atoms with E-state index < -0.39 is 0 Å². The van der Waals surface area contributed by atoms with Gasteiger partial charge in [0.15, 0.2) is 11.5 Å². The molecular weight excluding hydrogens is 424 g/mol. The van der Waals surface area contributed by atoms with E-state index in [1.807, 2.05) is 31.4 Å². The molecule has 1 saturated heterocycles. The smallest absolute Gasteiger partial charge is 0.259 e. The van der Waals surface area contributed by atoms with Crippen LogP contribution in [0.5, 0.6) is 11.5 Å². The van der Waals surface area contributed by atoms with Crippen LogP contribution in [0.3, 0.4) is 0 Å². The number of rotatable bonds is 7. The summed E-state index contributed by atoms with van der Waals surface area (Å²) in [5.41, 5.74) is 2.25. The van der Waals surface area contributed by atoms with E-state index in [0.717, 1.165) is 47.5 Å². The van der Waals surface area contributed by atoms with Gasteiger partial charge in [0.05, 0.1) is 26.2 Å². The predicted molar refractivity (Wildman–Crippen MR) is 130 cm³/mol. The topological polar surface area (TPSA) is 52.9 Å². The molecule has 172 valence electrons. The number of hydrogen-bond donors (Lipinski definition) is 0. The minimum absolute atomic E-state index is 0.0367. The largest absolute Gasteiger partial charge is 0.493 e. The van der Waals surface area contributed by atoms with Crippen molar-refractivity contribution in [2.75, 3.05) is 41.0 Å². The summed E-state index contributed by atoms with van der Waals surface area (Å²) < 4.78 is 19.1. The second kappa shape index (κ2) is 9.25. The molecule has 0 aliphatic carbocycles. The van der Waals surface area contributed by atoms with E-state index in [1.54, 1.807) is 37.2 Å². The van der Waals surface area contributed by atoms with E-state index >= 15 is 0 Å². The number of pyridine rings is 1. The van der Waals surface area contributed by atoms with E-state index in [4.69, 9.17) is 14.2 Å². The molecule has 1 aliphatic rings. The monoisotopic (exact) mass is 456 g/mol. The Morgan fingerprint density at radius 1 is 1.12 bits per heavy atom. The van der Waals surface area contributed by atoms with E-state index in [-0.39, 0.29) is 11.0 Å². The van der Waals surface area contributed by atoms with Crippen LogP contribution in [0.4, 0.5) is 0 Å². The molecule has 0 spiro atoms. The summed E-state index contributed by atoms with van der Waals surface area (Å²) in [5.74, 6) is 1.36. The van der Waals surface area contributed by atoms with Crippen molar-refractivity contribution in [2.24, 2.45) is 12.5 Å². The minimum atomic E-state index is 0.0367. The molecule has 0 bridgehead atoms. The lowest BCUT2D eigenvalue weighted by Gasteiger charge is -2.39. The van der Waals surface area contributed by atoms with E-state index in [0.29, 0.717) is 11.5 Å². The zero-order chi connectivity index (χ0) is 22.9. The number of benzene rings is 1. The van der Waals surface area contributed by atoms with E-state index in [2.05, 4.69) is 17.9 Å². The zero-order valence-electron chi connectivity index (χ0n) is 19.6. The van der Waals surface area contributed by atoms with Crippen LogP contribution in [0.2, 0.25) is 0 Å². The van der Waals surface area contributed by atoms with Crippen LogP contribution < -0.4 is 15.0 Å². The molecule has 0 radical (unpaired) electrons. The third-order valence-electron chi connectivity index (χ3n) is 6.33. The first-order valence-corrected chi connectivity index (χ1v) is 11.7. The summed E-state index contributed by atoms with van der Waals surface area (Å²) in [6.45, 7) is 6.02. The van der Waals surface area contributed by atoms with Crippen molar-refractivity contribution >= 4 is 21.4 Å². The molecule has 1 unspecified atom stereocenters. The first-order valence-electron chi connectivity index (χ1n) is 10.9. The summed E-state index contributed by atoms with van der Waals surface area (Å²) >= 11 is 1.71. The van der Waals surface area contributed by atoms with Crippen molar-refractivity contribution in [3.8, 4) is 22.6 Å². The Morgan fingerprint density at radius 3 is 2.62 bits per heavy atom. The standard InChI is InChI=1S/C25H32N2O4S/c1-25(16-29-3)9-6-10-27(15-25)13-18-12-19-23(32-18)20(14-26(2)24(19)28)17-7-8-21(30-4)22(11-17)31-5/h7-8,11-12,14H,6,9-10,13,15-16H2,1-5H3. The molecule has 1 aromatic carbocycles. The Hall–Kier alpha value is -2.35. The molecule has 7 heteroatoms. The van der Waals surface area contributed by atoms with Crippen LogP contribution in [-0.4, -0.2) is 50.5 Å². The molecule has 0 amide bonds. The van der Waals surface area contributed by atoms with Crippen molar-refractivity contribution in [3.05, 3.63) is 45.7 Å². The fourth-order valence-corrected chi connectivity index (χ4v) is 6.06. The molecule has 3 aromatic rings. The highest BCUT2D eigenvalue weighted by Crippen LogP contribution is 2.38. The van der Waals surface area contributed by atoms with Crippen molar-refractivity contribution < 1.29 is 14.2 Å². The number of aryl methyl sites for hydroxylation is 1. The molecule has 0 N–H and O–H groups in total. The first-order chi connectivity index (χ1) is 15.4. The maximum atomic E-state index is 12.9. The van der Waals surface area contributed by atoms with Gasteiger partial charge in [0, 0.05) is 54.0 Å².